The fourth-order valence-electron chi connectivity index (χ4n) is 3.72. The van der Waals surface area contributed by atoms with Gasteiger partial charge in [0, 0.05) is 16.7 Å². The van der Waals surface area contributed by atoms with Gasteiger partial charge in [0.25, 0.3) is 0 Å². The number of hydrogen-bond donors (Lipinski definition) is 2. The molecule has 6 nitrogen and oxygen atoms in total. The Bertz CT molecular complexity index is 1470. The Labute approximate surface area is 194 Å². The number of aromatic nitrogens is 4. The van der Waals surface area contributed by atoms with Crippen LogP contribution in [0.15, 0.2) is 85.5 Å². The average molecular weight is 452 g/mol. The van der Waals surface area contributed by atoms with E-state index >= 15 is 8.78 Å². The van der Waals surface area contributed by atoms with Crippen LogP contribution in [0.25, 0.3) is 44.8 Å². The van der Waals surface area contributed by atoms with Gasteiger partial charge in [-0.1, -0.05) is 42.5 Å². The van der Waals surface area contributed by atoms with Gasteiger partial charge in [-0.15, -0.1) is 0 Å². The molecule has 0 atom stereocenters. The quantitative estimate of drug-likeness (QED) is 0.380. The Hall–Kier alpha value is -4.72. The summed E-state index contributed by atoms with van der Waals surface area (Å²) in [6.07, 6.45) is 5.84. The molecule has 34 heavy (non-hydrogen) atoms. The van der Waals surface area contributed by atoms with Crippen molar-refractivity contribution in [2.45, 2.75) is 0 Å². The lowest BCUT2D eigenvalue weighted by molar-refractivity contribution is 0.629. The second kappa shape index (κ2) is 8.67. The predicted octanol–water partition coefficient (Wildman–Crippen LogP) is 5.38. The molecule has 0 spiro atoms. The highest BCUT2D eigenvalue weighted by Gasteiger charge is 2.15. The number of hydrogen-bond acceptors (Lipinski definition) is 6. The summed E-state index contributed by atoms with van der Waals surface area (Å²) in [5.41, 5.74) is 15.4. The normalized spacial score (nSPS) is 10.9. The SMILES string of the molecule is Nc1cnc(-c2ccc(-c3c(F)cccc3-c3ccc(-c4cnc(N)cn4)c(F)c3)cc2)cn1. The molecule has 0 radical (unpaired) electrons. The van der Waals surface area contributed by atoms with E-state index in [4.69, 9.17) is 11.5 Å². The molecule has 0 amide bonds. The number of benzene rings is 3. The third-order valence-corrected chi connectivity index (χ3v) is 5.38. The molecule has 0 fully saturated rings. The minimum Gasteiger partial charge on any atom is -0.382 e. The number of nitrogens with two attached hydrogens (primary N) is 2. The molecule has 0 saturated heterocycles. The first-order chi connectivity index (χ1) is 16.5. The number of nitrogen functional groups attached to an aromatic ring is 2. The van der Waals surface area contributed by atoms with Crippen LogP contribution >= 0.6 is 0 Å². The topological polar surface area (TPSA) is 104 Å². The fourth-order valence-corrected chi connectivity index (χ4v) is 3.72. The molecule has 166 valence electrons. The summed E-state index contributed by atoms with van der Waals surface area (Å²) in [6.45, 7) is 0. The van der Waals surface area contributed by atoms with E-state index in [9.17, 15) is 0 Å². The van der Waals surface area contributed by atoms with E-state index in [0.717, 1.165) is 5.56 Å². The van der Waals surface area contributed by atoms with Crippen molar-refractivity contribution in [3.8, 4) is 44.8 Å². The molecule has 2 aromatic heterocycles. The van der Waals surface area contributed by atoms with Crippen molar-refractivity contribution in [3.05, 3.63) is 97.1 Å². The highest BCUT2D eigenvalue weighted by Crippen LogP contribution is 2.36. The maximum atomic E-state index is 15.0. The van der Waals surface area contributed by atoms with Crippen LogP contribution in [0.1, 0.15) is 0 Å². The molecule has 0 aliphatic carbocycles. The summed E-state index contributed by atoms with van der Waals surface area (Å²) in [6, 6.07) is 16.7. The third kappa shape index (κ3) is 4.04. The Morgan fingerprint density at radius 3 is 1.76 bits per heavy atom. The van der Waals surface area contributed by atoms with Gasteiger partial charge in [0.15, 0.2) is 0 Å². The van der Waals surface area contributed by atoms with E-state index in [-0.39, 0.29) is 11.4 Å². The van der Waals surface area contributed by atoms with Crippen molar-refractivity contribution >= 4 is 11.6 Å². The van der Waals surface area contributed by atoms with Crippen LogP contribution in [-0.4, -0.2) is 19.9 Å². The molecule has 5 rings (SSSR count). The second-order valence-electron chi connectivity index (χ2n) is 7.59. The van der Waals surface area contributed by atoms with Gasteiger partial charge in [-0.3, -0.25) is 9.97 Å². The van der Waals surface area contributed by atoms with Crippen LogP contribution < -0.4 is 11.5 Å². The summed E-state index contributed by atoms with van der Waals surface area (Å²) in [7, 11) is 0. The van der Waals surface area contributed by atoms with E-state index in [0.29, 0.717) is 39.5 Å². The van der Waals surface area contributed by atoms with Crippen LogP contribution in [0, 0.1) is 11.6 Å². The summed E-state index contributed by atoms with van der Waals surface area (Å²) in [5.74, 6) is -0.326. The van der Waals surface area contributed by atoms with Gasteiger partial charge < -0.3 is 11.5 Å². The van der Waals surface area contributed by atoms with Crippen LogP contribution in [0.3, 0.4) is 0 Å². The molecule has 3 aromatic carbocycles. The molecule has 0 aliphatic rings. The Kier molecular flexibility index (Phi) is 5.39. The molecule has 0 saturated carbocycles. The van der Waals surface area contributed by atoms with Crippen molar-refractivity contribution in [2.24, 2.45) is 0 Å². The van der Waals surface area contributed by atoms with E-state index < -0.39 is 11.6 Å². The lowest BCUT2D eigenvalue weighted by Gasteiger charge is -2.13. The van der Waals surface area contributed by atoms with Gasteiger partial charge in [0.1, 0.15) is 23.3 Å². The van der Waals surface area contributed by atoms with Crippen LogP contribution in [0.5, 0.6) is 0 Å². The molecular weight excluding hydrogens is 434 g/mol. The lowest BCUT2D eigenvalue weighted by Crippen LogP contribution is -1.95. The Balaban J connectivity index is 1.54. The first-order valence-electron chi connectivity index (χ1n) is 10.3. The lowest BCUT2D eigenvalue weighted by atomic mass is 9.92. The molecule has 8 heteroatoms. The number of nitrogens with zero attached hydrogens (tertiary/aromatic N) is 4. The molecule has 0 unspecified atom stereocenters. The van der Waals surface area contributed by atoms with Crippen molar-refractivity contribution in [3.63, 3.8) is 0 Å². The van der Waals surface area contributed by atoms with E-state index in [1.807, 2.05) is 12.1 Å². The van der Waals surface area contributed by atoms with E-state index in [1.54, 1.807) is 42.6 Å². The summed E-state index contributed by atoms with van der Waals surface area (Å²) < 4.78 is 30.0. The first-order valence-corrected chi connectivity index (χ1v) is 10.3. The predicted molar refractivity (Wildman–Crippen MR) is 128 cm³/mol. The largest absolute Gasteiger partial charge is 0.382 e. The Morgan fingerprint density at radius 2 is 1.15 bits per heavy atom. The zero-order valence-corrected chi connectivity index (χ0v) is 17.8. The van der Waals surface area contributed by atoms with Gasteiger partial charge in [-0.2, -0.15) is 0 Å². The van der Waals surface area contributed by atoms with Crippen LogP contribution in [-0.2, 0) is 0 Å². The maximum absolute atomic E-state index is 15.0. The summed E-state index contributed by atoms with van der Waals surface area (Å²) >= 11 is 0. The number of rotatable bonds is 4. The third-order valence-electron chi connectivity index (χ3n) is 5.38. The fraction of sp³-hybridized carbons (Fsp3) is 0. The van der Waals surface area contributed by atoms with Crippen LogP contribution in [0.4, 0.5) is 20.4 Å². The minimum atomic E-state index is -0.496. The number of anilines is 2. The molecular formula is C26H18F2N6. The highest BCUT2D eigenvalue weighted by atomic mass is 19.1. The van der Waals surface area contributed by atoms with Gasteiger partial charge in [-0.25, -0.2) is 18.7 Å². The number of halogens is 2. The highest BCUT2D eigenvalue weighted by molar-refractivity contribution is 5.85. The summed E-state index contributed by atoms with van der Waals surface area (Å²) in [5, 5.41) is 0. The van der Waals surface area contributed by atoms with Crippen molar-refractivity contribution < 1.29 is 8.78 Å². The van der Waals surface area contributed by atoms with E-state index in [1.165, 1.54) is 30.7 Å². The minimum absolute atomic E-state index is 0.250. The van der Waals surface area contributed by atoms with Gasteiger partial charge in [-0.05, 0) is 34.9 Å². The zero-order chi connectivity index (χ0) is 23.7. The molecule has 4 N–H and O–H groups in total. The van der Waals surface area contributed by atoms with Gasteiger partial charge >= 0.3 is 0 Å². The van der Waals surface area contributed by atoms with E-state index in [2.05, 4.69) is 19.9 Å². The average Bonchev–Trinajstić information content (AvgIpc) is 2.85. The van der Waals surface area contributed by atoms with Crippen LogP contribution in [0.2, 0.25) is 0 Å². The van der Waals surface area contributed by atoms with Crippen molar-refractivity contribution in [1.29, 1.82) is 0 Å². The zero-order valence-electron chi connectivity index (χ0n) is 17.8. The summed E-state index contributed by atoms with van der Waals surface area (Å²) in [4.78, 5) is 16.4. The second-order valence-corrected chi connectivity index (χ2v) is 7.59. The molecule has 2 heterocycles. The first kappa shape index (κ1) is 21.1. The van der Waals surface area contributed by atoms with Crippen molar-refractivity contribution in [2.75, 3.05) is 11.5 Å². The smallest absolute Gasteiger partial charge is 0.141 e. The molecule has 0 aliphatic heterocycles. The standard InChI is InChI=1S/C26H18F2N6/c27-20-3-1-2-18(17-8-9-19(21(28)10-17)23-12-34-25(30)14-32-23)26(20)16-6-4-15(5-7-16)22-11-33-24(29)13-31-22/h1-14H,(H2,29,33)(H2,30,34). The van der Waals surface area contributed by atoms with Crippen molar-refractivity contribution in [1.82, 2.24) is 19.9 Å². The monoisotopic (exact) mass is 452 g/mol. The van der Waals surface area contributed by atoms with Gasteiger partial charge in [0.05, 0.1) is 36.2 Å². The molecule has 0 bridgehead atoms. The molecule has 5 aromatic rings. The maximum Gasteiger partial charge on any atom is 0.141 e. The van der Waals surface area contributed by atoms with Gasteiger partial charge in [0.2, 0.25) is 0 Å². The Morgan fingerprint density at radius 1 is 0.529 bits per heavy atom.